The zero-order valence-electron chi connectivity index (χ0n) is 17.9. The number of carbonyl (C=O) groups is 4. The third kappa shape index (κ3) is 5.96. The Bertz CT molecular complexity index is 784. The molecule has 4 amide bonds. The average molecular weight is 431 g/mol. The summed E-state index contributed by atoms with van der Waals surface area (Å²) in [5.74, 6) is -0.440. The summed E-state index contributed by atoms with van der Waals surface area (Å²) in [6.07, 6.45) is 0.880. The summed E-state index contributed by atoms with van der Waals surface area (Å²) in [5.41, 5.74) is 0.516. The minimum Gasteiger partial charge on any atom is -0.450 e. The van der Waals surface area contributed by atoms with Crippen LogP contribution in [0, 0.1) is 5.92 Å². The zero-order chi connectivity index (χ0) is 22.2. The number of piperazine rings is 1. The van der Waals surface area contributed by atoms with Crippen LogP contribution in [0.2, 0.25) is 0 Å². The Morgan fingerprint density at radius 1 is 0.903 bits per heavy atom. The van der Waals surface area contributed by atoms with Crippen LogP contribution in [0.15, 0.2) is 30.3 Å². The standard InChI is InChI=1S/C22H30N4O5/c1-2-31-22(30)26-14-12-25(13-15-26)21(29)18-8-10-24(11-9-18)19(27)16-23-20(28)17-6-4-3-5-7-17/h3-7,18H,2,8-16H2,1H3,(H,23,28). The fourth-order valence-corrected chi connectivity index (χ4v) is 3.92. The molecule has 0 bridgehead atoms. The van der Waals surface area contributed by atoms with E-state index in [1.807, 2.05) is 6.07 Å². The number of ether oxygens (including phenoxy) is 1. The van der Waals surface area contributed by atoms with E-state index < -0.39 is 0 Å². The molecule has 2 heterocycles. The van der Waals surface area contributed by atoms with Crippen LogP contribution in [-0.4, -0.2) is 90.9 Å². The maximum absolute atomic E-state index is 12.8. The molecular weight excluding hydrogens is 400 g/mol. The van der Waals surface area contributed by atoms with E-state index in [4.69, 9.17) is 4.74 Å². The lowest BCUT2D eigenvalue weighted by Crippen LogP contribution is -2.53. The molecule has 2 aliphatic heterocycles. The van der Waals surface area contributed by atoms with E-state index in [9.17, 15) is 19.2 Å². The van der Waals surface area contributed by atoms with E-state index in [2.05, 4.69) is 5.32 Å². The van der Waals surface area contributed by atoms with Gasteiger partial charge in [-0.25, -0.2) is 4.79 Å². The monoisotopic (exact) mass is 430 g/mol. The highest BCUT2D eigenvalue weighted by Crippen LogP contribution is 2.21. The van der Waals surface area contributed by atoms with Crippen molar-refractivity contribution in [2.24, 2.45) is 5.92 Å². The van der Waals surface area contributed by atoms with Gasteiger partial charge in [0.05, 0.1) is 13.2 Å². The molecule has 2 saturated heterocycles. The first-order chi connectivity index (χ1) is 15.0. The molecule has 0 spiro atoms. The first-order valence-corrected chi connectivity index (χ1v) is 10.8. The van der Waals surface area contributed by atoms with Gasteiger partial charge in [-0.3, -0.25) is 14.4 Å². The first kappa shape index (κ1) is 22.6. The van der Waals surface area contributed by atoms with Crippen molar-refractivity contribution in [3.05, 3.63) is 35.9 Å². The van der Waals surface area contributed by atoms with E-state index in [0.717, 1.165) is 0 Å². The number of likely N-dealkylation sites (tertiary alicyclic amines) is 1. The van der Waals surface area contributed by atoms with Crippen LogP contribution in [0.25, 0.3) is 0 Å². The average Bonchev–Trinajstić information content (AvgIpc) is 2.82. The number of carbonyl (C=O) groups excluding carboxylic acids is 4. The summed E-state index contributed by atoms with van der Waals surface area (Å²) >= 11 is 0. The Balaban J connectivity index is 1.39. The summed E-state index contributed by atoms with van der Waals surface area (Å²) in [4.78, 5) is 54.3. The highest BCUT2D eigenvalue weighted by atomic mass is 16.6. The Labute approximate surface area is 182 Å². The maximum atomic E-state index is 12.8. The molecule has 0 aliphatic carbocycles. The summed E-state index contributed by atoms with van der Waals surface area (Å²) < 4.78 is 5.01. The molecule has 9 nitrogen and oxygen atoms in total. The van der Waals surface area contributed by atoms with Gasteiger partial charge in [0, 0.05) is 50.7 Å². The molecule has 0 unspecified atom stereocenters. The molecule has 1 N–H and O–H groups in total. The maximum Gasteiger partial charge on any atom is 0.409 e. The molecule has 2 fully saturated rings. The molecule has 2 aliphatic rings. The fraction of sp³-hybridized carbons (Fsp3) is 0.545. The Hall–Kier alpha value is -3.10. The lowest BCUT2D eigenvalue weighted by Gasteiger charge is -2.38. The minimum absolute atomic E-state index is 0.0534. The van der Waals surface area contributed by atoms with Crippen molar-refractivity contribution in [3.63, 3.8) is 0 Å². The fourth-order valence-electron chi connectivity index (χ4n) is 3.92. The highest BCUT2D eigenvalue weighted by molar-refractivity contribution is 5.96. The van der Waals surface area contributed by atoms with Gasteiger partial charge < -0.3 is 24.8 Å². The molecule has 3 rings (SSSR count). The van der Waals surface area contributed by atoms with Crippen molar-refractivity contribution in [1.82, 2.24) is 20.0 Å². The number of benzene rings is 1. The molecule has 168 valence electrons. The molecule has 1 aromatic carbocycles. The smallest absolute Gasteiger partial charge is 0.409 e. The highest BCUT2D eigenvalue weighted by Gasteiger charge is 2.32. The molecule has 0 saturated carbocycles. The van der Waals surface area contributed by atoms with Gasteiger partial charge in [-0.2, -0.15) is 0 Å². The number of amides is 4. The first-order valence-electron chi connectivity index (χ1n) is 10.8. The van der Waals surface area contributed by atoms with Gasteiger partial charge in [-0.05, 0) is 31.9 Å². The van der Waals surface area contributed by atoms with E-state index in [1.54, 1.807) is 45.9 Å². The summed E-state index contributed by atoms with van der Waals surface area (Å²) in [6, 6.07) is 8.77. The van der Waals surface area contributed by atoms with Gasteiger partial charge in [0.25, 0.3) is 5.91 Å². The van der Waals surface area contributed by atoms with Crippen molar-refractivity contribution in [1.29, 1.82) is 0 Å². The summed E-state index contributed by atoms with van der Waals surface area (Å²) in [7, 11) is 0. The Kier molecular flexibility index (Phi) is 7.86. The van der Waals surface area contributed by atoms with Crippen LogP contribution in [0.4, 0.5) is 4.79 Å². The van der Waals surface area contributed by atoms with Crippen LogP contribution < -0.4 is 5.32 Å². The van der Waals surface area contributed by atoms with Crippen molar-refractivity contribution in [3.8, 4) is 0 Å². The van der Waals surface area contributed by atoms with E-state index in [0.29, 0.717) is 64.3 Å². The molecule has 31 heavy (non-hydrogen) atoms. The van der Waals surface area contributed by atoms with Crippen molar-refractivity contribution in [2.75, 3.05) is 52.4 Å². The zero-order valence-corrected chi connectivity index (χ0v) is 17.9. The van der Waals surface area contributed by atoms with E-state index in [-0.39, 0.29) is 36.3 Å². The third-order valence-corrected chi connectivity index (χ3v) is 5.75. The number of hydrogen-bond acceptors (Lipinski definition) is 5. The van der Waals surface area contributed by atoms with E-state index >= 15 is 0 Å². The molecular formula is C22H30N4O5. The van der Waals surface area contributed by atoms with Gasteiger partial charge >= 0.3 is 6.09 Å². The second kappa shape index (κ2) is 10.8. The van der Waals surface area contributed by atoms with Gasteiger partial charge in [-0.1, -0.05) is 18.2 Å². The second-order valence-electron chi connectivity index (χ2n) is 7.72. The summed E-state index contributed by atoms with van der Waals surface area (Å²) in [5, 5.41) is 2.66. The number of piperidine rings is 1. The normalized spacial score (nSPS) is 17.3. The van der Waals surface area contributed by atoms with Crippen LogP contribution in [0.5, 0.6) is 0 Å². The van der Waals surface area contributed by atoms with Crippen LogP contribution >= 0.6 is 0 Å². The largest absolute Gasteiger partial charge is 0.450 e. The molecule has 0 radical (unpaired) electrons. The van der Waals surface area contributed by atoms with Gasteiger partial charge in [0.2, 0.25) is 11.8 Å². The van der Waals surface area contributed by atoms with E-state index in [1.165, 1.54) is 0 Å². The van der Waals surface area contributed by atoms with Crippen molar-refractivity contribution < 1.29 is 23.9 Å². The predicted octanol–water partition coefficient (Wildman–Crippen LogP) is 0.956. The minimum atomic E-state index is -0.333. The van der Waals surface area contributed by atoms with Gasteiger partial charge in [0.15, 0.2) is 0 Å². The Morgan fingerprint density at radius 3 is 2.13 bits per heavy atom. The summed E-state index contributed by atoms with van der Waals surface area (Å²) in [6.45, 7) is 5.01. The lowest BCUT2D eigenvalue weighted by atomic mass is 9.95. The van der Waals surface area contributed by atoms with Gasteiger partial charge in [-0.15, -0.1) is 0 Å². The Morgan fingerprint density at radius 2 is 1.52 bits per heavy atom. The van der Waals surface area contributed by atoms with Crippen molar-refractivity contribution >= 4 is 23.8 Å². The lowest BCUT2D eigenvalue weighted by molar-refractivity contribution is -0.141. The topological polar surface area (TPSA) is 99.3 Å². The number of nitrogens with one attached hydrogen (secondary N) is 1. The number of hydrogen-bond donors (Lipinski definition) is 1. The second-order valence-corrected chi connectivity index (χ2v) is 7.72. The predicted molar refractivity (Wildman–Crippen MR) is 113 cm³/mol. The van der Waals surface area contributed by atoms with Crippen LogP contribution in [0.3, 0.4) is 0 Å². The van der Waals surface area contributed by atoms with Crippen molar-refractivity contribution in [2.45, 2.75) is 19.8 Å². The molecule has 1 aromatic rings. The molecule has 0 atom stereocenters. The number of nitrogens with zero attached hydrogens (tertiary/aromatic N) is 3. The number of rotatable bonds is 5. The molecule has 9 heteroatoms. The van der Waals surface area contributed by atoms with Crippen LogP contribution in [-0.2, 0) is 14.3 Å². The SMILES string of the molecule is CCOC(=O)N1CCN(C(=O)C2CCN(C(=O)CNC(=O)c3ccccc3)CC2)CC1. The quantitative estimate of drug-likeness (QED) is 0.750. The van der Waals surface area contributed by atoms with Crippen LogP contribution in [0.1, 0.15) is 30.1 Å². The third-order valence-electron chi connectivity index (χ3n) is 5.75. The van der Waals surface area contributed by atoms with Gasteiger partial charge in [0.1, 0.15) is 0 Å². The molecule has 0 aromatic heterocycles.